The highest BCUT2D eigenvalue weighted by Gasteiger charge is 2.61. The van der Waals surface area contributed by atoms with Gasteiger partial charge in [0.2, 0.25) is 0 Å². The highest BCUT2D eigenvalue weighted by atomic mass is 19.1. The third-order valence-electron chi connectivity index (χ3n) is 6.25. The third-order valence-corrected chi connectivity index (χ3v) is 6.25. The van der Waals surface area contributed by atoms with E-state index in [0.29, 0.717) is 17.1 Å². The molecule has 104 valence electrons. The van der Waals surface area contributed by atoms with Crippen LogP contribution in [0.25, 0.3) is 0 Å². The van der Waals surface area contributed by atoms with Gasteiger partial charge in [0.25, 0.3) is 0 Å². The van der Waals surface area contributed by atoms with Crippen LogP contribution in [0.5, 0.6) is 0 Å². The summed E-state index contributed by atoms with van der Waals surface area (Å²) in [4.78, 5) is 0. The molecule has 3 atom stereocenters. The predicted octanol–water partition coefficient (Wildman–Crippen LogP) is 4.76. The predicted molar refractivity (Wildman–Crippen MR) is 77.8 cm³/mol. The number of fused-ring (bicyclic) bond motifs is 2. The molecule has 3 rings (SSSR count). The number of hydrogen-bond donors (Lipinski definition) is 1. The van der Waals surface area contributed by atoms with Crippen molar-refractivity contribution >= 4 is 5.69 Å². The van der Waals surface area contributed by atoms with Gasteiger partial charge in [0.05, 0.1) is 5.69 Å². The van der Waals surface area contributed by atoms with E-state index in [9.17, 15) is 4.39 Å². The molecule has 2 heteroatoms. The minimum absolute atomic E-state index is 0.130. The van der Waals surface area contributed by atoms with Crippen molar-refractivity contribution in [3.8, 4) is 0 Å². The van der Waals surface area contributed by atoms with E-state index in [1.165, 1.54) is 19.3 Å². The number of aryl methyl sites for hydroxylation is 1. The molecule has 2 saturated carbocycles. The lowest BCUT2D eigenvalue weighted by molar-refractivity contribution is 0.142. The quantitative estimate of drug-likeness (QED) is 0.809. The van der Waals surface area contributed by atoms with Crippen LogP contribution in [0.2, 0.25) is 0 Å². The fourth-order valence-corrected chi connectivity index (χ4v) is 4.36. The van der Waals surface area contributed by atoms with Crippen molar-refractivity contribution in [3.63, 3.8) is 0 Å². The van der Waals surface area contributed by atoms with Gasteiger partial charge >= 0.3 is 0 Å². The first-order chi connectivity index (χ1) is 8.84. The molecule has 1 aromatic carbocycles. The van der Waals surface area contributed by atoms with E-state index in [1.54, 1.807) is 6.07 Å². The fraction of sp³-hybridized carbons (Fsp3) is 0.647. The number of nitrogens with one attached hydrogen (secondary N) is 1. The van der Waals surface area contributed by atoms with E-state index in [2.05, 4.69) is 26.1 Å². The Morgan fingerprint density at radius 2 is 2.00 bits per heavy atom. The molecule has 0 heterocycles. The molecule has 2 aliphatic rings. The van der Waals surface area contributed by atoms with E-state index in [1.807, 2.05) is 19.1 Å². The van der Waals surface area contributed by atoms with Crippen molar-refractivity contribution < 1.29 is 4.39 Å². The van der Waals surface area contributed by atoms with Crippen LogP contribution < -0.4 is 5.32 Å². The molecule has 2 aliphatic carbocycles. The van der Waals surface area contributed by atoms with Gasteiger partial charge in [-0.1, -0.05) is 26.8 Å². The molecule has 1 nitrogen and oxygen atoms in total. The summed E-state index contributed by atoms with van der Waals surface area (Å²) >= 11 is 0. The van der Waals surface area contributed by atoms with Gasteiger partial charge in [-0.2, -0.15) is 0 Å². The van der Waals surface area contributed by atoms with Crippen LogP contribution >= 0.6 is 0 Å². The summed E-state index contributed by atoms with van der Waals surface area (Å²) in [6, 6.07) is 5.72. The second-order valence-corrected chi connectivity index (χ2v) is 7.29. The van der Waals surface area contributed by atoms with E-state index in [-0.39, 0.29) is 11.2 Å². The molecule has 2 fully saturated rings. The molecule has 1 aromatic rings. The maximum absolute atomic E-state index is 13.9. The molecular weight excluding hydrogens is 237 g/mol. The fourth-order valence-electron chi connectivity index (χ4n) is 4.36. The minimum atomic E-state index is -0.130. The van der Waals surface area contributed by atoms with Crippen molar-refractivity contribution in [3.05, 3.63) is 29.6 Å². The van der Waals surface area contributed by atoms with Crippen LogP contribution in [-0.2, 0) is 0 Å². The number of hydrogen-bond acceptors (Lipinski definition) is 1. The van der Waals surface area contributed by atoms with E-state index in [0.717, 1.165) is 11.5 Å². The monoisotopic (exact) mass is 261 g/mol. The number of anilines is 1. The van der Waals surface area contributed by atoms with Crippen LogP contribution in [0.15, 0.2) is 18.2 Å². The summed E-state index contributed by atoms with van der Waals surface area (Å²) in [5.74, 6) is 0.651. The maximum Gasteiger partial charge on any atom is 0.146 e. The summed E-state index contributed by atoms with van der Waals surface area (Å²) in [5.41, 5.74) is 2.43. The third kappa shape index (κ3) is 1.72. The highest BCUT2D eigenvalue weighted by molar-refractivity contribution is 5.49. The summed E-state index contributed by atoms with van der Waals surface area (Å²) in [6.45, 7) is 9.17. The maximum atomic E-state index is 13.9. The molecule has 3 unspecified atom stereocenters. The van der Waals surface area contributed by atoms with Gasteiger partial charge in [-0.3, -0.25) is 0 Å². The largest absolute Gasteiger partial charge is 0.379 e. The summed E-state index contributed by atoms with van der Waals surface area (Å²) in [6.07, 6.45) is 3.77. The zero-order chi connectivity index (χ0) is 13.8. The Morgan fingerprint density at radius 1 is 1.26 bits per heavy atom. The second-order valence-electron chi connectivity index (χ2n) is 7.29. The van der Waals surface area contributed by atoms with Crippen LogP contribution in [0, 0.1) is 29.5 Å². The van der Waals surface area contributed by atoms with E-state index < -0.39 is 0 Å². The van der Waals surface area contributed by atoms with Crippen molar-refractivity contribution in [2.45, 2.75) is 53.0 Å². The van der Waals surface area contributed by atoms with Crippen LogP contribution in [-0.4, -0.2) is 6.04 Å². The molecule has 0 aliphatic heterocycles. The van der Waals surface area contributed by atoms with Gasteiger partial charge in [-0.25, -0.2) is 4.39 Å². The SMILES string of the molecule is Cc1ccc(F)c(NC2CC3CCC2(C)C3(C)C)c1. The molecule has 0 spiro atoms. The number of benzene rings is 1. The molecule has 0 aromatic heterocycles. The van der Waals surface area contributed by atoms with Crippen molar-refractivity contribution in [1.82, 2.24) is 0 Å². The first-order valence-corrected chi connectivity index (χ1v) is 7.37. The zero-order valence-electron chi connectivity index (χ0n) is 12.4. The summed E-state index contributed by atoms with van der Waals surface area (Å²) in [5, 5.41) is 3.50. The van der Waals surface area contributed by atoms with Crippen molar-refractivity contribution in [2.75, 3.05) is 5.32 Å². The molecule has 19 heavy (non-hydrogen) atoms. The van der Waals surface area contributed by atoms with Crippen molar-refractivity contribution in [2.24, 2.45) is 16.7 Å². The smallest absolute Gasteiger partial charge is 0.146 e. The lowest BCUT2D eigenvalue weighted by Gasteiger charge is -2.40. The average molecular weight is 261 g/mol. The van der Waals surface area contributed by atoms with Gasteiger partial charge < -0.3 is 5.32 Å². The summed E-state index contributed by atoms with van der Waals surface area (Å²) in [7, 11) is 0. The summed E-state index contributed by atoms with van der Waals surface area (Å²) < 4.78 is 13.9. The van der Waals surface area contributed by atoms with Crippen LogP contribution in [0.4, 0.5) is 10.1 Å². The van der Waals surface area contributed by atoms with Gasteiger partial charge in [0.15, 0.2) is 0 Å². The number of rotatable bonds is 2. The Morgan fingerprint density at radius 3 is 2.58 bits per heavy atom. The molecular formula is C17H24FN. The van der Waals surface area contributed by atoms with Gasteiger partial charge in [-0.15, -0.1) is 0 Å². The Balaban J connectivity index is 1.88. The number of halogens is 1. The van der Waals surface area contributed by atoms with E-state index >= 15 is 0 Å². The second kappa shape index (κ2) is 3.97. The standard InChI is InChI=1S/C17H24FN/c1-11-5-6-13(18)14(9-11)19-15-10-12-7-8-17(15,4)16(12,2)3/h5-6,9,12,15,19H,7-8,10H2,1-4H3. The molecule has 0 amide bonds. The van der Waals surface area contributed by atoms with Crippen molar-refractivity contribution in [1.29, 1.82) is 0 Å². The Kier molecular flexibility index (Phi) is 2.71. The van der Waals surface area contributed by atoms with Crippen LogP contribution in [0.1, 0.15) is 45.6 Å². The Labute approximate surface area is 115 Å². The Bertz CT molecular complexity index is 508. The normalized spacial score (nSPS) is 35.6. The molecule has 1 N–H and O–H groups in total. The average Bonchev–Trinajstić information content (AvgIpc) is 2.67. The molecule has 0 saturated heterocycles. The van der Waals surface area contributed by atoms with Gasteiger partial charge in [-0.05, 0) is 60.6 Å². The van der Waals surface area contributed by atoms with Gasteiger partial charge in [0.1, 0.15) is 5.82 Å². The Hall–Kier alpha value is -1.05. The minimum Gasteiger partial charge on any atom is -0.379 e. The van der Waals surface area contributed by atoms with Gasteiger partial charge in [0, 0.05) is 6.04 Å². The first-order valence-electron chi connectivity index (χ1n) is 7.37. The zero-order valence-corrected chi connectivity index (χ0v) is 12.4. The first kappa shape index (κ1) is 13.0. The highest BCUT2D eigenvalue weighted by Crippen LogP contribution is 2.65. The topological polar surface area (TPSA) is 12.0 Å². The van der Waals surface area contributed by atoms with Crippen LogP contribution in [0.3, 0.4) is 0 Å². The molecule has 2 bridgehead atoms. The lowest BCUT2D eigenvalue weighted by atomic mass is 9.69. The molecule has 0 radical (unpaired) electrons. The lowest BCUT2D eigenvalue weighted by Crippen LogP contribution is -2.40. The van der Waals surface area contributed by atoms with E-state index in [4.69, 9.17) is 0 Å².